The SMILES string of the molecule is COc1cc2nc(C)nc(N[C@H](C)c3cc([N+](=O)[O-])cc(C(F)(F)F)c3)c2cc1P1(=O)CCNCC1. The number of nitro groups is 1. The Morgan fingerprint density at radius 3 is 2.47 bits per heavy atom. The molecule has 36 heavy (non-hydrogen) atoms. The Hall–Kier alpha value is -3.24. The molecule has 0 saturated carbocycles. The van der Waals surface area contributed by atoms with E-state index in [2.05, 4.69) is 20.6 Å². The molecule has 1 saturated heterocycles. The van der Waals surface area contributed by atoms with Crippen molar-refractivity contribution in [2.24, 2.45) is 0 Å². The van der Waals surface area contributed by atoms with E-state index < -0.39 is 35.5 Å². The van der Waals surface area contributed by atoms with E-state index in [9.17, 15) is 27.9 Å². The number of nitrogens with zero attached hydrogens (tertiary/aromatic N) is 3. The number of aromatic nitrogens is 2. The van der Waals surface area contributed by atoms with Gasteiger partial charge in [-0.1, -0.05) is 0 Å². The maximum atomic E-state index is 13.8. The lowest BCUT2D eigenvalue weighted by Crippen LogP contribution is -2.32. The second kappa shape index (κ2) is 9.67. The molecule has 3 aromatic rings. The van der Waals surface area contributed by atoms with Gasteiger partial charge in [0.25, 0.3) is 5.69 Å². The summed E-state index contributed by atoms with van der Waals surface area (Å²) in [5.74, 6) is 1.17. The molecule has 2 N–H and O–H groups in total. The zero-order valence-corrected chi connectivity index (χ0v) is 20.7. The van der Waals surface area contributed by atoms with E-state index in [0.717, 1.165) is 12.1 Å². The average molecular weight is 523 g/mol. The van der Waals surface area contributed by atoms with Gasteiger partial charge in [0.15, 0.2) is 0 Å². The molecule has 1 fully saturated rings. The number of alkyl halides is 3. The summed E-state index contributed by atoms with van der Waals surface area (Å²) in [4.78, 5) is 19.3. The molecule has 0 radical (unpaired) electrons. The van der Waals surface area contributed by atoms with Crippen molar-refractivity contribution >= 4 is 34.9 Å². The Morgan fingerprint density at radius 1 is 1.17 bits per heavy atom. The number of nitrogens with one attached hydrogen (secondary N) is 2. The van der Waals surface area contributed by atoms with Crippen molar-refractivity contribution in [3.63, 3.8) is 0 Å². The normalized spacial score (nSPS) is 16.5. The van der Waals surface area contributed by atoms with Crippen LogP contribution in [0.25, 0.3) is 10.9 Å². The van der Waals surface area contributed by atoms with Crippen molar-refractivity contribution in [3.8, 4) is 5.75 Å². The number of non-ortho nitro benzene ring substituents is 1. The number of hydrogen-bond acceptors (Lipinski definition) is 8. The number of nitro benzene ring substituents is 1. The lowest BCUT2D eigenvalue weighted by Gasteiger charge is -2.26. The highest BCUT2D eigenvalue weighted by molar-refractivity contribution is 7.72. The first kappa shape index (κ1) is 25.8. The van der Waals surface area contributed by atoms with E-state index in [0.29, 0.717) is 65.1 Å². The molecule has 4 rings (SSSR count). The number of methoxy groups -OCH3 is 1. The van der Waals surface area contributed by atoms with E-state index in [1.807, 2.05) is 0 Å². The van der Waals surface area contributed by atoms with Gasteiger partial charge in [-0.25, -0.2) is 9.97 Å². The first-order valence-electron chi connectivity index (χ1n) is 11.2. The van der Waals surface area contributed by atoms with Crippen LogP contribution in [-0.4, -0.2) is 47.4 Å². The lowest BCUT2D eigenvalue weighted by atomic mass is 10.0. The molecule has 192 valence electrons. The minimum absolute atomic E-state index is 0.0702. The van der Waals surface area contributed by atoms with Gasteiger partial charge in [-0.05, 0) is 31.5 Å². The number of aryl methyl sites for hydroxylation is 1. The molecule has 2 heterocycles. The van der Waals surface area contributed by atoms with Crippen molar-refractivity contribution in [3.05, 3.63) is 57.4 Å². The fourth-order valence-electron chi connectivity index (χ4n) is 4.29. The van der Waals surface area contributed by atoms with Crippen molar-refractivity contribution in [2.45, 2.75) is 26.1 Å². The minimum Gasteiger partial charge on any atom is -0.496 e. The van der Waals surface area contributed by atoms with Crippen LogP contribution in [0, 0.1) is 17.0 Å². The Labute approximate surface area is 205 Å². The number of rotatable bonds is 6. The van der Waals surface area contributed by atoms with Gasteiger partial charge in [-0.2, -0.15) is 13.2 Å². The van der Waals surface area contributed by atoms with E-state index >= 15 is 0 Å². The lowest BCUT2D eigenvalue weighted by molar-refractivity contribution is -0.385. The average Bonchev–Trinajstić information content (AvgIpc) is 2.82. The first-order valence-corrected chi connectivity index (χ1v) is 13.3. The molecule has 9 nitrogen and oxygen atoms in total. The Bertz CT molecular complexity index is 1370. The molecule has 0 unspecified atom stereocenters. The monoisotopic (exact) mass is 523 g/mol. The number of ether oxygens (including phenoxy) is 1. The maximum absolute atomic E-state index is 13.8. The molecule has 13 heteroatoms. The fraction of sp³-hybridized carbons (Fsp3) is 0.391. The third-order valence-corrected chi connectivity index (χ3v) is 9.30. The van der Waals surface area contributed by atoms with Crippen LogP contribution in [0.5, 0.6) is 5.75 Å². The highest BCUT2D eigenvalue weighted by atomic mass is 31.2. The summed E-state index contributed by atoms with van der Waals surface area (Å²) in [5, 5.41) is 18.6. The van der Waals surface area contributed by atoms with Gasteiger partial charge in [0.2, 0.25) is 0 Å². The first-order chi connectivity index (χ1) is 16.9. The summed E-state index contributed by atoms with van der Waals surface area (Å²) in [7, 11) is -1.27. The van der Waals surface area contributed by atoms with Crippen molar-refractivity contribution in [1.82, 2.24) is 15.3 Å². The number of fused-ring (bicyclic) bond motifs is 1. The molecule has 0 aliphatic carbocycles. The highest BCUT2D eigenvalue weighted by Gasteiger charge is 2.34. The molecular weight excluding hydrogens is 498 g/mol. The van der Waals surface area contributed by atoms with Crippen molar-refractivity contribution in [1.29, 1.82) is 0 Å². The second-order valence-corrected chi connectivity index (χ2v) is 11.8. The summed E-state index contributed by atoms with van der Waals surface area (Å²) in [5.41, 5.74) is -1.19. The van der Waals surface area contributed by atoms with Crippen LogP contribution < -0.4 is 20.7 Å². The van der Waals surface area contributed by atoms with Crippen molar-refractivity contribution in [2.75, 3.05) is 37.8 Å². The maximum Gasteiger partial charge on any atom is 0.416 e. The summed E-state index contributed by atoms with van der Waals surface area (Å²) < 4.78 is 59.5. The fourth-order valence-corrected chi connectivity index (χ4v) is 6.96. The molecular formula is C23H25F3N5O4P. The van der Waals surface area contributed by atoms with Crippen molar-refractivity contribution < 1.29 is 27.4 Å². The second-order valence-electron chi connectivity index (χ2n) is 8.68. The molecule has 0 spiro atoms. The molecule has 1 aliphatic rings. The van der Waals surface area contributed by atoms with Gasteiger partial charge in [0.1, 0.15) is 24.5 Å². The summed E-state index contributed by atoms with van der Waals surface area (Å²) in [6, 6.07) is 5.13. The number of anilines is 1. The van der Waals surface area contributed by atoms with E-state index in [-0.39, 0.29) is 5.56 Å². The predicted octanol–water partition coefficient (Wildman–Crippen LogP) is 4.64. The molecule has 1 aliphatic heterocycles. The Kier molecular flexibility index (Phi) is 6.94. The minimum atomic E-state index is -4.74. The highest BCUT2D eigenvalue weighted by Crippen LogP contribution is 2.48. The van der Waals surface area contributed by atoms with Gasteiger partial charge in [-0.3, -0.25) is 10.1 Å². The van der Waals surface area contributed by atoms with Crippen LogP contribution in [0.3, 0.4) is 0 Å². The van der Waals surface area contributed by atoms with Crippen LogP contribution in [0.4, 0.5) is 24.7 Å². The third kappa shape index (κ3) is 5.15. The molecule has 0 bridgehead atoms. The largest absolute Gasteiger partial charge is 0.496 e. The zero-order valence-electron chi connectivity index (χ0n) is 19.8. The van der Waals surface area contributed by atoms with Gasteiger partial charge in [-0.15, -0.1) is 0 Å². The van der Waals surface area contributed by atoms with E-state index in [1.54, 1.807) is 26.0 Å². The van der Waals surface area contributed by atoms with Crippen LogP contribution in [0.1, 0.15) is 29.9 Å². The van der Waals surface area contributed by atoms with Gasteiger partial charge < -0.3 is 19.9 Å². The van der Waals surface area contributed by atoms with Gasteiger partial charge in [0.05, 0.1) is 34.5 Å². The summed E-state index contributed by atoms with van der Waals surface area (Å²) in [6.07, 6.45) is -3.81. The molecule has 1 atom stereocenters. The number of hydrogen-bond donors (Lipinski definition) is 2. The number of benzene rings is 2. The van der Waals surface area contributed by atoms with Gasteiger partial charge in [0, 0.05) is 49.0 Å². The Balaban J connectivity index is 1.81. The molecule has 2 aromatic carbocycles. The molecule has 1 aromatic heterocycles. The quantitative estimate of drug-likeness (QED) is 0.273. The van der Waals surface area contributed by atoms with Crippen LogP contribution in [0.15, 0.2) is 30.3 Å². The summed E-state index contributed by atoms with van der Waals surface area (Å²) >= 11 is 0. The van der Waals surface area contributed by atoms with Crippen LogP contribution in [-0.2, 0) is 10.7 Å². The topological polar surface area (TPSA) is 119 Å². The van der Waals surface area contributed by atoms with Crippen LogP contribution >= 0.6 is 7.14 Å². The van der Waals surface area contributed by atoms with E-state index in [1.165, 1.54) is 7.11 Å². The predicted molar refractivity (Wildman–Crippen MR) is 131 cm³/mol. The standard InChI is InChI=1S/C23H25F3N5O4P/c1-13(15-8-16(23(24,25)26)10-17(9-15)31(32)33)28-22-18-11-21(36(34)6-4-27-5-7-36)20(35-3)12-19(18)29-14(2)30-22/h8-13,27H,4-7H2,1-3H3,(H,28,29,30)/t13-/m1/s1. The Morgan fingerprint density at radius 2 is 1.86 bits per heavy atom. The number of halogens is 3. The summed E-state index contributed by atoms with van der Waals surface area (Å²) in [6.45, 7) is 4.47. The van der Waals surface area contributed by atoms with Crippen LogP contribution in [0.2, 0.25) is 0 Å². The smallest absolute Gasteiger partial charge is 0.416 e. The molecule has 0 amide bonds. The zero-order chi connectivity index (χ0) is 26.3. The van der Waals surface area contributed by atoms with Gasteiger partial charge >= 0.3 is 6.18 Å². The third-order valence-electron chi connectivity index (χ3n) is 6.18. The van der Waals surface area contributed by atoms with E-state index in [4.69, 9.17) is 4.74 Å².